The molecular formula is C42H44O20. The average Bonchev–Trinajstić information content (AvgIpc) is 3.24. The first-order valence-electron chi connectivity index (χ1n) is 19.2. The summed E-state index contributed by atoms with van der Waals surface area (Å²) in [6.07, 6.45) is -17.2. The molecule has 2 saturated heterocycles. The highest BCUT2D eigenvalue weighted by atomic mass is 16.7. The van der Waals surface area contributed by atoms with E-state index in [9.17, 15) is 70.9 Å². The highest BCUT2D eigenvalue weighted by Gasteiger charge is 2.60. The van der Waals surface area contributed by atoms with Crippen LogP contribution < -0.4 is 9.47 Å². The van der Waals surface area contributed by atoms with Crippen LogP contribution in [0.4, 0.5) is 0 Å². The first-order chi connectivity index (χ1) is 29.5. The zero-order chi connectivity index (χ0) is 44.6. The number of benzene rings is 4. The van der Waals surface area contributed by atoms with Crippen LogP contribution in [0.5, 0.6) is 46.0 Å². The van der Waals surface area contributed by atoms with Crippen LogP contribution in [-0.2, 0) is 28.5 Å². The molecule has 2 heterocycles. The molecule has 0 radical (unpaired) electrons. The Hall–Kier alpha value is -6.10. The highest BCUT2D eigenvalue weighted by molar-refractivity contribution is 5.87. The van der Waals surface area contributed by atoms with Gasteiger partial charge in [-0.15, -0.1) is 0 Å². The fraction of sp³-hybridized carbons (Fsp3) is 0.381. The summed E-state index contributed by atoms with van der Waals surface area (Å²) in [5.74, 6) is -9.60. The summed E-state index contributed by atoms with van der Waals surface area (Å²) >= 11 is 0. The fourth-order valence-electron chi connectivity index (χ4n) is 7.80. The standard InChI is InChI=1S/C42H44O20/c43-19-3-7-21(8-4-19)59-41-37(53)35(51)33(49)27(61-41)15-57-39(55)31-29(17-1-11-23(45)25(47)13-17)30(18-2-12-24(46)26(48)14-18)32(31)40(56)58-16-28-34(50)36(52)38(54)42(62-28)60-22-9-5-20(44)6-10-22/h1-14,27-38,41-54H,15-16H2. The van der Waals surface area contributed by atoms with Gasteiger partial charge in [0.15, 0.2) is 23.0 Å². The fourth-order valence-corrected chi connectivity index (χ4v) is 7.80. The van der Waals surface area contributed by atoms with Crippen molar-refractivity contribution in [2.24, 2.45) is 11.8 Å². The van der Waals surface area contributed by atoms with E-state index in [2.05, 4.69) is 0 Å². The highest BCUT2D eigenvalue weighted by Crippen LogP contribution is 2.60. The van der Waals surface area contributed by atoms with Crippen molar-refractivity contribution < 1.29 is 99.3 Å². The molecule has 14 atom stereocenters. The Bertz CT molecular complexity index is 2050. The molecule has 7 rings (SSSR count). The van der Waals surface area contributed by atoms with E-state index in [1.54, 1.807) is 0 Å². The summed E-state index contributed by atoms with van der Waals surface area (Å²) < 4.78 is 33.8. The van der Waals surface area contributed by atoms with Gasteiger partial charge >= 0.3 is 11.9 Å². The van der Waals surface area contributed by atoms with Crippen LogP contribution in [0.1, 0.15) is 23.0 Å². The number of esters is 2. The Morgan fingerprint density at radius 1 is 0.452 bits per heavy atom. The van der Waals surface area contributed by atoms with Gasteiger partial charge in [-0.3, -0.25) is 9.59 Å². The summed E-state index contributed by atoms with van der Waals surface area (Å²) in [5.41, 5.74) is 0.382. The van der Waals surface area contributed by atoms with Crippen molar-refractivity contribution in [2.75, 3.05) is 13.2 Å². The third-order valence-electron chi connectivity index (χ3n) is 11.2. The molecule has 2 aliphatic heterocycles. The van der Waals surface area contributed by atoms with Gasteiger partial charge in [0.25, 0.3) is 0 Å². The first kappa shape index (κ1) is 44.0. The van der Waals surface area contributed by atoms with Crippen LogP contribution in [0.3, 0.4) is 0 Å². The summed E-state index contributed by atoms with van der Waals surface area (Å²) in [5, 5.41) is 125. The number of phenolic OH excluding ortho intramolecular Hbond substituents is 6. The molecule has 1 aliphatic carbocycles. The number of hydrogen-bond donors (Lipinski definition) is 12. The van der Waals surface area contributed by atoms with Gasteiger partial charge < -0.3 is 89.7 Å². The van der Waals surface area contributed by atoms with Crippen molar-refractivity contribution in [3.63, 3.8) is 0 Å². The van der Waals surface area contributed by atoms with E-state index in [0.29, 0.717) is 0 Å². The van der Waals surface area contributed by atoms with Gasteiger partial charge in [-0.2, -0.15) is 0 Å². The van der Waals surface area contributed by atoms with Crippen molar-refractivity contribution in [1.29, 1.82) is 0 Å². The lowest BCUT2D eigenvalue weighted by Gasteiger charge is -2.50. The number of aromatic hydroxyl groups is 6. The molecule has 1 saturated carbocycles. The Morgan fingerprint density at radius 3 is 1.15 bits per heavy atom. The number of phenols is 6. The van der Waals surface area contributed by atoms with E-state index >= 15 is 0 Å². The smallest absolute Gasteiger partial charge is 0.310 e. The van der Waals surface area contributed by atoms with Gasteiger partial charge in [0.1, 0.15) is 85.0 Å². The minimum absolute atomic E-state index is 0.0880. The van der Waals surface area contributed by atoms with Crippen LogP contribution in [0, 0.1) is 11.8 Å². The molecule has 0 aromatic heterocycles. The van der Waals surface area contributed by atoms with E-state index in [1.807, 2.05) is 0 Å². The normalized spacial score (nSPS) is 31.9. The summed E-state index contributed by atoms with van der Waals surface area (Å²) in [6.45, 7) is -1.55. The quantitative estimate of drug-likeness (QED) is 0.0653. The molecular weight excluding hydrogens is 824 g/mol. The minimum atomic E-state index is -1.86. The Labute approximate surface area is 351 Å². The van der Waals surface area contributed by atoms with Crippen molar-refractivity contribution in [3.8, 4) is 46.0 Å². The van der Waals surface area contributed by atoms with Crippen molar-refractivity contribution in [1.82, 2.24) is 0 Å². The predicted molar refractivity (Wildman–Crippen MR) is 205 cm³/mol. The monoisotopic (exact) mass is 868 g/mol. The van der Waals surface area contributed by atoms with E-state index < -0.39 is 133 Å². The number of carbonyl (C=O) groups excluding carboxylic acids is 2. The van der Waals surface area contributed by atoms with Gasteiger partial charge in [0, 0.05) is 11.8 Å². The van der Waals surface area contributed by atoms with Gasteiger partial charge in [0.2, 0.25) is 12.6 Å². The van der Waals surface area contributed by atoms with E-state index in [-0.39, 0.29) is 34.1 Å². The maximum absolute atomic E-state index is 14.3. The Kier molecular flexibility index (Phi) is 12.8. The summed E-state index contributed by atoms with van der Waals surface area (Å²) in [4.78, 5) is 28.5. The van der Waals surface area contributed by atoms with E-state index in [4.69, 9.17) is 28.4 Å². The van der Waals surface area contributed by atoms with Crippen molar-refractivity contribution >= 4 is 11.9 Å². The minimum Gasteiger partial charge on any atom is -0.508 e. The average molecular weight is 869 g/mol. The van der Waals surface area contributed by atoms with Crippen molar-refractivity contribution in [3.05, 3.63) is 96.1 Å². The molecule has 3 aliphatic rings. The second-order valence-corrected chi connectivity index (χ2v) is 15.1. The topological polar surface area (TPSA) is 332 Å². The molecule has 0 bridgehead atoms. The van der Waals surface area contributed by atoms with E-state index in [1.165, 1.54) is 60.7 Å². The lowest BCUT2D eigenvalue weighted by molar-refractivity contribution is -0.279. The molecule has 0 amide bonds. The second-order valence-electron chi connectivity index (χ2n) is 15.1. The third kappa shape index (κ3) is 8.94. The van der Waals surface area contributed by atoms with Crippen LogP contribution in [0.2, 0.25) is 0 Å². The lowest BCUT2D eigenvalue weighted by Crippen LogP contribution is -2.61. The first-order valence-corrected chi connectivity index (χ1v) is 19.2. The zero-order valence-corrected chi connectivity index (χ0v) is 32.2. The molecule has 12 N–H and O–H groups in total. The van der Waals surface area contributed by atoms with Gasteiger partial charge in [0.05, 0.1) is 11.8 Å². The molecule has 0 spiro atoms. The number of aliphatic hydroxyl groups excluding tert-OH is 6. The number of rotatable bonds is 12. The third-order valence-corrected chi connectivity index (χ3v) is 11.2. The molecule has 20 nitrogen and oxygen atoms in total. The largest absolute Gasteiger partial charge is 0.508 e. The molecule has 4 aromatic carbocycles. The molecule has 14 unspecified atom stereocenters. The van der Waals surface area contributed by atoms with Crippen LogP contribution in [0.15, 0.2) is 84.9 Å². The predicted octanol–water partition coefficient (Wildman–Crippen LogP) is -0.107. The van der Waals surface area contributed by atoms with Gasteiger partial charge in [-0.25, -0.2) is 0 Å². The van der Waals surface area contributed by atoms with Gasteiger partial charge in [-0.05, 0) is 83.9 Å². The zero-order valence-electron chi connectivity index (χ0n) is 32.2. The SMILES string of the molecule is O=C(OCC1OC(Oc2ccc(O)cc2)C(O)C(O)C1O)C1C(C(=O)OCC2OC(Oc3ccc(O)cc3)C(O)C(O)C2O)C(c2ccc(O)c(O)c2)C1c1ccc(O)c(O)c1. The molecule has 332 valence electrons. The number of hydrogen-bond acceptors (Lipinski definition) is 20. The number of aliphatic hydroxyl groups is 6. The maximum atomic E-state index is 14.3. The Morgan fingerprint density at radius 2 is 0.806 bits per heavy atom. The summed E-state index contributed by atoms with van der Waals surface area (Å²) in [6, 6.07) is 17.8. The van der Waals surface area contributed by atoms with E-state index in [0.717, 1.165) is 24.3 Å². The molecule has 4 aromatic rings. The molecule has 3 fully saturated rings. The molecule has 20 heteroatoms. The van der Waals surface area contributed by atoms with Crippen LogP contribution in [0.25, 0.3) is 0 Å². The Balaban J connectivity index is 1.15. The summed E-state index contributed by atoms with van der Waals surface area (Å²) in [7, 11) is 0. The van der Waals surface area contributed by atoms with Crippen LogP contribution >= 0.6 is 0 Å². The number of carbonyl (C=O) groups is 2. The van der Waals surface area contributed by atoms with Gasteiger partial charge in [-0.1, -0.05) is 12.1 Å². The molecule has 62 heavy (non-hydrogen) atoms. The maximum Gasteiger partial charge on any atom is 0.310 e. The van der Waals surface area contributed by atoms with Crippen LogP contribution in [-0.4, -0.2) is 148 Å². The second kappa shape index (κ2) is 18.1. The van der Waals surface area contributed by atoms with Crippen molar-refractivity contribution in [2.45, 2.75) is 73.2 Å². The lowest BCUT2D eigenvalue weighted by atomic mass is 9.52. The number of ether oxygens (including phenoxy) is 6.